The summed E-state index contributed by atoms with van der Waals surface area (Å²) in [4.78, 5) is 12.5. The highest BCUT2D eigenvalue weighted by Gasteiger charge is 2.16. The van der Waals surface area contributed by atoms with E-state index in [0.29, 0.717) is 17.4 Å². The van der Waals surface area contributed by atoms with Gasteiger partial charge in [0.2, 0.25) is 5.91 Å². The Bertz CT molecular complexity index is 727. The Morgan fingerprint density at radius 1 is 1.08 bits per heavy atom. The second kappa shape index (κ2) is 8.15. The molecule has 0 aliphatic rings. The second-order valence-electron chi connectivity index (χ2n) is 6.81. The van der Waals surface area contributed by atoms with Crippen molar-refractivity contribution in [1.29, 1.82) is 0 Å². The van der Waals surface area contributed by atoms with Crippen molar-refractivity contribution in [3.05, 3.63) is 58.9 Å². The molecule has 0 spiro atoms. The standard InChI is InChI=1S/C21H26FNO2/c1-13(2)16-7-6-8-17(14(3)4)21(16)23-20(24)12-15-9-10-19(25-5)18(22)11-15/h6-11,13-14H,12H2,1-5H3,(H,23,24). The van der Waals surface area contributed by atoms with E-state index in [1.165, 1.54) is 13.2 Å². The number of carbonyl (C=O) groups is 1. The highest BCUT2D eigenvalue weighted by Crippen LogP contribution is 2.32. The predicted molar refractivity (Wildman–Crippen MR) is 99.9 cm³/mol. The van der Waals surface area contributed by atoms with Crippen LogP contribution in [0.15, 0.2) is 36.4 Å². The van der Waals surface area contributed by atoms with Gasteiger partial charge in [-0.05, 0) is 40.7 Å². The fourth-order valence-corrected chi connectivity index (χ4v) is 2.88. The number of ether oxygens (including phenoxy) is 1. The average molecular weight is 343 g/mol. The Hall–Kier alpha value is -2.36. The molecule has 4 heteroatoms. The quantitative estimate of drug-likeness (QED) is 0.777. The lowest BCUT2D eigenvalue weighted by Gasteiger charge is -2.20. The minimum absolute atomic E-state index is 0.116. The zero-order chi connectivity index (χ0) is 18.6. The lowest BCUT2D eigenvalue weighted by Crippen LogP contribution is -2.18. The van der Waals surface area contributed by atoms with E-state index in [4.69, 9.17) is 4.74 Å². The Morgan fingerprint density at radius 2 is 1.68 bits per heavy atom. The third-order valence-corrected chi connectivity index (χ3v) is 4.22. The van der Waals surface area contributed by atoms with Crippen molar-refractivity contribution in [2.24, 2.45) is 0 Å². The number of rotatable bonds is 6. The lowest BCUT2D eigenvalue weighted by atomic mass is 9.92. The fraction of sp³-hybridized carbons (Fsp3) is 0.381. The Balaban J connectivity index is 2.24. The van der Waals surface area contributed by atoms with E-state index >= 15 is 0 Å². The molecule has 1 amide bonds. The summed E-state index contributed by atoms with van der Waals surface area (Å²) in [6, 6.07) is 10.7. The molecule has 0 fully saturated rings. The van der Waals surface area contributed by atoms with Gasteiger partial charge in [-0.2, -0.15) is 0 Å². The van der Waals surface area contributed by atoms with Crippen molar-refractivity contribution in [2.75, 3.05) is 12.4 Å². The van der Waals surface area contributed by atoms with Crippen LogP contribution in [-0.4, -0.2) is 13.0 Å². The number of nitrogens with one attached hydrogen (secondary N) is 1. The van der Waals surface area contributed by atoms with E-state index in [1.807, 2.05) is 18.2 Å². The number of hydrogen-bond acceptors (Lipinski definition) is 2. The number of anilines is 1. The van der Waals surface area contributed by atoms with Crippen molar-refractivity contribution < 1.29 is 13.9 Å². The van der Waals surface area contributed by atoms with Gasteiger partial charge in [-0.25, -0.2) is 4.39 Å². The summed E-state index contributed by atoms with van der Waals surface area (Å²) in [7, 11) is 1.42. The smallest absolute Gasteiger partial charge is 0.228 e. The summed E-state index contributed by atoms with van der Waals surface area (Å²) in [5.41, 5.74) is 3.72. The summed E-state index contributed by atoms with van der Waals surface area (Å²) in [6.45, 7) is 8.42. The number of hydrogen-bond donors (Lipinski definition) is 1. The molecule has 25 heavy (non-hydrogen) atoms. The molecule has 0 heterocycles. The maximum absolute atomic E-state index is 13.8. The molecule has 0 aliphatic heterocycles. The van der Waals surface area contributed by atoms with Crippen molar-refractivity contribution in [2.45, 2.75) is 46.0 Å². The third kappa shape index (κ3) is 4.59. The van der Waals surface area contributed by atoms with Gasteiger partial charge in [-0.3, -0.25) is 4.79 Å². The molecule has 0 radical (unpaired) electrons. The van der Waals surface area contributed by atoms with Gasteiger partial charge in [0.25, 0.3) is 0 Å². The molecule has 0 bridgehead atoms. The van der Waals surface area contributed by atoms with E-state index in [2.05, 4.69) is 33.0 Å². The molecular formula is C21H26FNO2. The van der Waals surface area contributed by atoms with Gasteiger partial charge in [-0.15, -0.1) is 0 Å². The van der Waals surface area contributed by atoms with Crippen LogP contribution in [0.2, 0.25) is 0 Å². The van der Waals surface area contributed by atoms with Crippen LogP contribution in [0.5, 0.6) is 5.75 Å². The first kappa shape index (κ1) is 19.0. The normalized spacial score (nSPS) is 11.0. The first-order valence-electron chi connectivity index (χ1n) is 8.58. The van der Waals surface area contributed by atoms with E-state index in [1.54, 1.807) is 12.1 Å². The maximum Gasteiger partial charge on any atom is 0.228 e. The first-order chi connectivity index (χ1) is 11.8. The van der Waals surface area contributed by atoms with Crippen LogP contribution in [0.25, 0.3) is 0 Å². The van der Waals surface area contributed by atoms with Crippen LogP contribution < -0.4 is 10.1 Å². The molecule has 0 saturated carbocycles. The number of para-hydroxylation sites is 1. The van der Waals surface area contributed by atoms with Crippen molar-refractivity contribution >= 4 is 11.6 Å². The van der Waals surface area contributed by atoms with Crippen molar-refractivity contribution in [3.63, 3.8) is 0 Å². The number of amides is 1. The molecule has 0 aromatic heterocycles. The number of halogens is 1. The molecule has 0 unspecified atom stereocenters. The SMILES string of the molecule is COc1ccc(CC(=O)Nc2c(C(C)C)cccc2C(C)C)cc1F. The summed E-state index contributed by atoms with van der Waals surface area (Å²) >= 11 is 0. The number of methoxy groups -OCH3 is 1. The molecular weight excluding hydrogens is 317 g/mol. The molecule has 0 aliphatic carbocycles. The summed E-state index contributed by atoms with van der Waals surface area (Å²) in [5.74, 6) is 0.161. The maximum atomic E-state index is 13.8. The largest absolute Gasteiger partial charge is 0.494 e. The van der Waals surface area contributed by atoms with Crippen LogP contribution in [0, 0.1) is 5.82 Å². The minimum Gasteiger partial charge on any atom is -0.494 e. The third-order valence-electron chi connectivity index (χ3n) is 4.22. The van der Waals surface area contributed by atoms with Gasteiger partial charge in [0, 0.05) is 5.69 Å². The van der Waals surface area contributed by atoms with Gasteiger partial charge in [-0.1, -0.05) is 52.0 Å². The van der Waals surface area contributed by atoms with Gasteiger partial charge >= 0.3 is 0 Å². The molecule has 134 valence electrons. The van der Waals surface area contributed by atoms with Gasteiger partial charge < -0.3 is 10.1 Å². The molecule has 3 nitrogen and oxygen atoms in total. The topological polar surface area (TPSA) is 38.3 Å². The fourth-order valence-electron chi connectivity index (χ4n) is 2.88. The van der Waals surface area contributed by atoms with Gasteiger partial charge in [0.05, 0.1) is 13.5 Å². The van der Waals surface area contributed by atoms with E-state index in [9.17, 15) is 9.18 Å². The Labute approximate surface area is 149 Å². The molecule has 2 aromatic carbocycles. The highest BCUT2D eigenvalue weighted by atomic mass is 19.1. The minimum atomic E-state index is -0.460. The first-order valence-corrected chi connectivity index (χ1v) is 8.58. The van der Waals surface area contributed by atoms with Crippen molar-refractivity contribution in [1.82, 2.24) is 0 Å². The van der Waals surface area contributed by atoms with Gasteiger partial charge in [0.15, 0.2) is 11.6 Å². The molecule has 1 N–H and O–H groups in total. The summed E-state index contributed by atoms with van der Waals surface area (Å²) < 4.78 is 18.7. The average Bonchev–Trinajstić information content (AvgIpc) is 2.54. The monoisotopic (exact) mass is 343 g/mol. The van der Waals surface area contributed by atoms with Crippen LogP contribution in [-0.2, 0) is 11.2 Å². The van der Waals surface area contributed by atoms with E-state index in [0.717, 1.165) is 16.8 Å². The molecule has 0 atom stereocenters. The lowest BCUT2D eigenvalue weighted by molar-refractivity contribution is -0.115. The van der Waals surface area contributed by atoms with Crippen LogP contribution in [0.4, 0.5) is 10.1 Å². The van der Waals surface area contributed by atoms with E-state index in [-0.39, 0.29) is 18.1 Å². The summed E-state index contributed by atoms with van der Waals surface area (Å²) in [6.07, 6.45) is 0.116. The zero-order valence-electron chi connectivity index (χ0n) is 15.5. The predicted octanol–water partition coefficient (Wildman–Crippen LogP) is 5.26. The second-order valence-corrected chi connectivity index (χ2v) is 6.81. The van der Waals surface area contributed by atoms with Crippen molar-refractivity contribution in [3.8, 4) is 5.75 Å². The Morgan fingerprint density at radius 3 is 2.16 bits per heavy atom. The number of carbonyl (C=O) groups excluding carboxylic acids is 1. The summed E-state index contributed by atoms with van der Waals surface area (Å²) in [5, 5.41) is 3.05. The van der Waals surface area contributed by atoms with Crippen LogP contribution in [0.3, 0.4) is 0 Å². The molecule has 0 saturated heterocycles. The Kier molecular flexibility index (Phi) is 6.18. The van der Waals surface area contributed by atoms with Crippen LogP contribution >= 0.6 is 0 Å². The van der Waals surface area contributed by atoms with E-state index < -0.39 is 5.82 Å². The highest BCUT2D eigenvalue weighted by molar-refractivity contribution is 5.94. The van der Waals surface area contributed by atoms with Gasteiger partial charge in [0.1, 0.15) is 0 Å². The zero-order valence-corrected chi connectivity index (χ0v) is 15.5. The van der Waals surface area contributed by atoms with Crippen LogP contribution in [0.1, 0.15) is 56.2 Å². The molecule has 2 aromatic rings. The molecule has 2 rings (SSSR count). The number of benzene rings is 2.